The average molecular weight is 403 g/mol. The Bertz CT molecular complexity index is 1140. The first kappa shape index (κ1) is 19.3. The summed E-state index contributed by atoms with van der Waals surface area (Å²) >= 11 is 0. The van der Waals surface area contributed by atoms with Crippen molar-refractivity contribution in [2.45, 2.75) is 13.3 Å². The minimum absolute atomic E-state index is 0.163. The molecule has 0 saturated carbocycles. The standard InChI is InChI=1S/C22H18FN5O2/c1-15-12-13-28(27-15)20-10-11-22(26-25-20)30-19-8-6-18(7-9-19)24-21(29)14-16-2-4-17(23)5-3-16/h2-13H,14H2,1H3,(H,24,29). The third-order valence-electron chi connectivity index (χ3n) is 4.22. The molecule has 2 aromatic carbocycles. The second kappa shape index (κ2) is 8.52. The second-order valence-corrected chi connectivity index (χ2v) is 6.61. The smallest absolute Gasteiger partial charge is 0.238 e. The van der Waals surface area contributed by atoms with Crippen LogP contribution in [0.3, 0.4) is 0 Å². The van der Waals surface area contributed by atoms with Gasteiger partial charge in [-0.1, -0.05) is 12.1 Å². The molecule has 7 nitrogen and oxygen atoms in total. The molecule has 0 bridgehead atoms. The Morgan fingerprint density at radius 3 is 2.40 bits per heavy atom. The van der Waals surface area contributed by atoms with Crippen molar-refractivity contribution in [2.24, 2.45) is 0 Å². The van der Waals surface area contributed by atoms with Crippen molar-refractivity contribution in [3.05, 3.63) is 90.0 Å². The fourth-order valence-electron chi connectivity index (χ4n) is 2.75. The molecule has 2 heterocycles. The van der Waals surface area contributed by atoms with Crippen molar-refractivity contribution in [1.82, 2.24) is 20.0 Å². The maximum absolute atomic E-state index is 12.9. The molecule has 1 N–H and O–H groups in total. The van der Waals surface area contributed by atoms with Crippen LogP contribution in [-0.4, -0.2) is 25.9 Å². The zero-order valence-electron chi connectivity index (χ0n) is 16.1. The predicted molar refractivity (Wildman–Crippen MR) is 109 cm³/mol. The molecule has 0 aliphatic carbocycles. The lowest BCUT2D eigenvalue weighted by Gasteiger charge is -2.08. The summed E-state index contributed by atoms with van der Waals surface area (Å²) in [6.07, 6.45) is 1.97. The number of halogens is 1. The first-order valence-corrected chi connectivity index (χ1v) is 9.24. The molecule has 0 aliphatic heterocycles. The van der Waals surface area contributed by atoms with Gasteiger partial charge in [0, 0.05) is 18.0 Å². The van der Waals surface area contributed by atoms with Gasteiger partial charge in [-0.2, -0.15) is 5.10 Å². The van der Waals surface area contributed by atoms with E-state index in [0.717, 1.165) is 11.3 Å². The topological polar surface area (TPSA) is 81.9 Å². The SMILES string of the molecule is Cc1ccn(-c2ccc(Oc3ccc(NC(=O)Cc4ccc(F)cc4)cc3)nn2)n1. The molecule has 1 amide bonds. The zero-order valence-corrected chi connectivity index (χ0v) is 16.1. The third kappa shape index (κ3) is 4.85. The highest BCUT2D eigenvalue weighted by atomic mass is 19.1. The van der Waals surface area contributed by atoms with Gasteiger partial charge in [0.2, 0.25) is 11.8 Å². The highest BCUT2D eigenvalue weighted by Gasteiger charge is 2.06. The van der Waals surface area contributed by atoms with Crippen LogP contribution in [0.1, 0.15) is 11.3 Å². The average Bonchev–Trinajstić information content (AvgIpc) is 3.18. The van der Waals surface area contributed by atoms with Crippen molar-refractivity contribution in [1.29, 1.82) is 0 Å². The quantitative estimate of drug-likeness (QED) is 0.525. The molecule has 0 radical (unpaired) electrons. The normalized spacial score (nSPS) is 10.6. The van der Waals surface area contributed by atoms with Gasteiger partial charge in [0.1, 0.15) is 11.6 Å². The number of nitrogens with zero attached hydrogens (tertiary/aromatic N) is 4. The molecule has 30 heavy (non-hydrogen) atoms. The summed E-state index contributed by atoms with van der Waals surface area (Å²) in [6.45, 7) is 1.90. The highest BCUT2D eigenvalue weighted by molar-refractivity contribution is 5.92. The van der Waals surface area contributed by atoms with Crippen LogP contribution in [0.5, 0.6) is 11.6 Å². The number of ether oxygens (including phenoxy) is 1. The molecule has 0 spiro atoms. The summed E-state index contributed by atoms with van der Waals surface area (Å²) in [6, 6.07) is 18.1. The van der Waals surface area contributed by atoms with E-state index < -0.39 is 0 Å². The Kier molecular flexibility index (Phi) is 5.47. The van der Waals surface area contributed by atoms with Gasteiger partial charge in [0.05, 0.1) is 12.1 Å². The van der Waals surface area contributed by atoms with Crippen LogP contribution < -0.4 is 10.1 Å². The molecular weight excluding hydrogens is 385 g/mol. The number of hydrogen-bond donors (Lipinski definition) is 1. The molecule has 8 heteroatoms. The molecular formula is C22H18FN5O2. The number of rotatable bonds is 6. The number of benzene rings is 2. The van der Waals surface area contributed by atoms with E-state index in [0.29, 0.717) is 23.1 Å². The summed E-state index contributed by atoms with van der Waals surface area (Å²) in [7, 11) is 0. The van der Waals surface area contributed by atoms with Gasteiger partial charge in [-0.05, 0) is 61.0 Å². The molecule has 150 valence electrons. The van der Waals surface area contributed by atoms with Crippen LogP contribution >= 0.6 is 0 Å². The first-order valence-electron chi connectivity index (χ1n) is 9.24. The number of carbonyl (C=O) groups excluding carboxylic acids is 1. The summed E-state index contributed by atoms with van der Waals surface area (Å²) in [5, 5.41) is 15.2. The highest BCUT2D eigenvalue weighted by Crippen LogP contribution is 2.21. The number of nitrogens with one attached hydrogen (secondary N) is 1. The number of aromatic nitrogens is 4. The molecule has 4 rings (SSSR count). The number of hydrogen-bond acceptors (Lipinski definition) is 5. The van der Waals surface area contributed by atoms with Gasteiger partial charge in [-0.25, -0.2) is 9.07 Å². The van der Waals surface area contributed by atoms with Gasteiger partial charge >= 0.3 is 0 Å². The molecule has 2 aromatic heterocycles. The Morgan fingerprint density at radius 1 is 1.00 bits per heavy atom. The monoisotopic (exact) mass is 403 g/mol. The van der Waals surface area contributed by atoms with Crippen LogP contribution in [-0.2, 0) is 11.2 Å². The zero-order chi connectivity index (χ0) is 20.9. The Morgan fingerprint density at radius 2 is 1.77 bits per heavy atom. The van der Waals surface area contributed by atoms with Crippen LogP contribution in [0, 0.1) is 12.7 Å². The lowest BCUT2D eigenvalue weighted by Crippen LogP contribution is -2.14. The van der Waals surface area contributed by atoms with Gasteiger partial charge in [-0.15, -0.1) is 10.2 Å². The van der Waals surface area contributed by atoms with Crippen molar-refractivity contribution >= 4 is 11.6 Å². The summed E-state index contributed by atoms with van der Waals surface area (Å²) in [4.78, 5) is 12.1. The van der Waals surface area contributed by atoms with Gasteiger partial charge in [-0.3, -0.25) is 4.79 Å². The maximum Gasteiger partial charge on any atom is 0.238 e. The van der Waals surface area contributed by atoms with E-state index in [1.165, 1.54) is 12.1 Å². The minimum Gasteiger partial charge on any atom is -0.438 e. The van der Waals surface area contributed by atoms with E-state index in [1.54, 1.807) is 53.2 Å². The van der Waals surface area contributed by atoms with E-state index >= 15 is 0 Å². The lowest BCUT2D eigenvalue weighted by atomic mass is 10.1. The number of anilines is 1. The van der Waals surface area contributed by atoms with E-state index in [4.69, 9.17) is 4.74 Å². The summed E-state index contributed by atoms with van der Waals surface area (Å²) < 4.78 is 20.3. The van der Waals surface area contributed by atoms with Gasteiger partial charge < -0.3 is 10.1 Å². The minimum atomic E-state index is -0.328. The summed E-state index contributed by atoms with van der Waals surface area (Å²) in [5.41, 5.74) is 2.26. The summed E-state index contributed by atoms with van der Waals surface area (Å²) in [5.74, 6) is 0.977. The fourth-order valence-corrected chi connectivity index (χ4v) is 2.75. The van der Waals surface area contributed by atoms with Crippen LogP contribution in [0.4, 0.5) is 10.1 Å². The van der Waals surface area contributed by atoms with Gasteiger partial charge in [0.25, 0.3) is 0 Å². The number of carbonyl (C=O) groups is 1. The van der Waals surface area contributed by atoms with Crippen molar-refractivity contribution in [2.75, 3.05) is 5.32 Å². The predicted octanol–water partition coefficient (Wildman–Crippen LogP) is 4.08. The van der Waals surface area contributed by atoms with Crippen molar-refractivity contribution in [3.8, 4) is 17.4 Å². The van der Waals surface area contributed by atoms with Crippen LogP contribution in [0.2, 0.25) is 0 Å². The molecule has 0 fully saturated rings. The first-order chi connectivity index (χ1) is 14.5. The molecule has 0 atom stereocenters. The molecule has 0 saturated heterocycles. The lowest BCUT2D eigenvalue weighted by molar-refractivity contribution is -0.115. The number of amides is 1. The largest absolute Gasteiger partial charge is 0.438 e. The van der Waals surface area contributed by atoms with Crippen LogP contribution in [0.15, 0.2) is 72.9 Å². The Balaban J connectivity index is 1.34. The van der Waals surface area contributed by atoms with E-state index in [9.17, 15) is 9.18 Å². The van der Waals surface area contributed by atoms with Crippen molar-refractivity contribution in [3.63, 3.8) is 0 Å². The Hall–Kier alpha value is -4.07. The van der Waals surface area contributed by atoms with Gasteiger partial charge in [0.15, 0.2) is 5.82 Å². The van der Waals surface area contributed by atoms with Crippen LogP contribution in [0.25, 0.3) is 5.82 Å². The molecule has 0 unspecified atom stereocenters. The maximum atomic E-state index is 12.9. The fraction of sp³-hybridized carbons (Fsp3) is 0.0909. The molecule has 0 aliphatic rings. The number of aryl methyl sites for hydroxylation is 1. The Labute approximate surface area is 172 Å². The second-order valence-electron chi connectivity index (χ2n) is 6.61. The molecule has 4 aromatic rings. The van der Waals surface area contributed by atoms with E-state index in [1.807, 2.05) is 19.2 Å². The van der Waals surface area contributed by atoms with Crippen molar-refractivity contribution < 1.29 is 13.9 Å². The third-order valence-corrected chi connectivity index (χ3v) is 4.22. The van der Waals surface area contributed by atoms with E-state index in [-0.39, 0.29) is 18.1 Å². The van der Waals surface area contributed by atoms with E-state index in [2.05, 4.69) is 20.6 Å².